The maximum absolute atomic E-state index is 12.2. The van der Waals surface area contributed by atoms with Gasteiger partial charge in [0.05, 0.1) is 13.2 Å². The summed E-state index contributed by atoms with van der Waals surface area (Å²) in [6.07, 6.45) is -0.860. The molecule has 2 heterocycles. The minimum absolute atomic E-state index is 0.209. The van der Waals surface area contributed by atoms with E-state index in [4.69, 9.17) is 9.47 Å². The molecule has 0 aliphatic carbocycles. The van der Waals surface area contributed by atoms with Crippen molar-refractivity contribution < 1.29 is 19.1 Å². The highest BCUT2D eigenvalue weighted by Crippen LogP contribution is 2.14. The maximum Gasteiger partial charge on any atom is 0.330 e. The topological polar surface area (TPSA) is 99.4 Å². The van der Waals surface area contributed by atoms with Crippen molar-refractivity contribution in [3.8, 4) is 11.4 Å². The second kappa shape index (κ2) is 8.05. The second-order valence-corrected chi connectivity index (χ2v) is 6.08. The number of amides is 1. The first-order valence-corrected chi connectivity index (χ1v) is 8.44. The van der Waals surface area contributed by atoms with Gasteiger partial charge in [0.15, 0.2) is 12.6 Å². The SMILES string of the molecule is Cc1ccc(-c2nnn(CC(=O)OC(C)C(=O)N3CCOCC3)n2)cc1. The van der Waals surface area contributed by atoms with Crippen LogP contribution in [-0.4, -0.2) is 69.4 Å². The number of rotatable bonds is 5. The van der Waals surface area contributed by atoms with Crippen LogP contribution in [0.2, 0.25) is 0 Å². The molecule has 0 bridgehead atoms. The predicted octanol–water partition coefficient (Wildman–Crippen LogP) is 0.439. The number of morpholine rings is 1. The van der Waals surface area contributed by atoms with Crippen molar-refractivity contribution in [2.24, 2.45) is 0 Å². The lowest BCUT2D eigenvalue weighted by molar-refractivity contribution is -0.161. The molecule has 1 aromatic carbocycles. The molecule has 0 N–H and O–H groups in total. The predicted molar refractivity (Wildman–Crippen MR) is 90.9 cm³/mol. The number of benzene rings is 1. The molecule has 1 fully saturated rings. The van der Waals surface area contributed by atoms with Gasteiger partial charge in [-0.15, -0.1) is 10.2 Å². The lowest BCUT2D eigenvalue weighted by Gasteiger charge is -2.28. The number of tetrazole rings is 1. The molecule has 1 atom stereocenters. The minimum atomic E-state index is -0.860. The number of aryl methyl sites for hydroxylation is 1. The summed E-state index contributed by atoms with van der Waals surface area (Å²) in [7, 11) is 0. The molecule has 1 aromatic heterocycles. The Labute approximate surface area is 150 Å². The van der Waals surface area contributed by atoms with Crippen LogP contribution in [-0.2, 0) is 25.6 Å². The Morgan fingerprint density at radius 3 is 2.62 bits per heavy atom. The molecule has 0 saturated carbocycles. The van der Waals surface area contributed by atoms with Gasteiger partial charge in [-0.25, -0.2) is 4.79 Å². The Kier molecular flexibility index (Phi) is 5.57. The van der Waals surface area contributed by atoms with Crippen molar-refractivity contribution in [1.82, 2.24) is 25.1 Å². The number of hydrogen-bond acceptors (Lipinski definition) is 7. The summed E-state index contributed by atoms with van der Waals surface area (Å²) in [5.74, 6) is -0.393. The van der Waals surface area contributed by atoms with E-state index >= 15 is 0 Å². The van der Waals surface area contributed by atoms with Crippen LogP contribution in [0.3, 0.4) is 0 Å². The van der Waals surface area contributed by atoms with E-state index in [-0.39, 0.29) is 12.5 Å². The van der Waals surface area contributed by atoms with Gasteiger partial charge in [0, 0.05) is 18.7 Å². The van der Waals surface area contributed by atoms with E-state index in [0.717, 1.165) is 15.9 Å². The fourth-order valence-corrected chi connectivity index (χ4v) is 2.57. The average Bonchev–Trinajstić information content (AvgIpc) is 3.10. The first-order chi connectivity index (χ1) is 12.5. The molecule has 1 unspecified atom stereocenters. The van der Waals surface area contributed by atoms with Crippen molar-refractivity contribution in [2.75, 3.05) is 26.3 Å². The number of esters is 1. The van der Waals surface area contributed by atoms with E-state index in [1.807, 2.05) is 31.2 Å². The van der Waals surface area contributed by atoms with Crippen LogP contribution < -0.4 is 0 Å². The van der Waals surface area contributed by atoms with Gasteiger partial charge >= 0.3 is 5.97 Å². The minimum Gasteiger partial charge on any atom is -0.451 e. The van der Waals surface area contributed by atoms with E-state index < -0.39 is 12.1 Å². The van der Waals surface area contributed by atoms with Crippen LogP contribution in [0.15, 0.2) is 24.3 Å². The number of aromatic nitrogens is 4. The zero-order valence-electron chi connectivity index (χ0n) is 14.8. The summed E-state index contributed by atoms with van der Waals surface area (Å²) in [5.41, 5.74) is 1.94. The van der Waals surface area contributed by atoms with Crippen molar-refractivity contribution in [3.05, 3.63) is 29.8 Å². The standard InChI is InChI=1S/C17H21N5O4/c1-12-3-5-14(6-4-12)16-18-20-22(19-16)11-15(23)26-13(2)17(24)21-7-9-25-10-8-21/h3-6,13H,7-11H2,1-2H3. The van der Waals surface area contributed by atoms with Gasteiger partial charge in [0.2, 0.25) is 5.82 Å². The van der Waals surface area contributed by atoms with Crippen LogP contribution in [0.4, 0.5) is 0 Å². The van der Waals surface area contributed by atoms with Crippen LogP contribution in [0.5, 0.6) is 0 Å². The number of carbonyl (C=O) groups is 2. The lowest BCUT2D eigenvalue weighted by Crippen LogP contribution is -2.46. The summed E-state index contributed by atoms with van der Waals surface area (Å²) in [4.78, 5) is 27.1. The highest BCUT2D eigenvalue weighted by atomic mass is 16.5. The first kappa shape index (κ1) is 18.0. The molecule has 26 heavy (non-hydrogen) atoms. The Morgan fingerprint density at radius 1 is 1.23 bits per heavy atom. The highest BCUT2D eigenvalue weighted by molar-refractivity contribution is 5.83. The van der Waals surface area contributed by atoms with E-state index in [1.165, 1.54) is 0 Å². The summed E-state index contributed by atoms with van der Waals surface area (Å²) in [6, 6.07) is 7.67. The Bertz CT molecular complexity index is 768. The molecule has 0 spiro atoms. The average molecular weight is 359 g/mol. The Morgan fingerprint density at radius 2 is 1.92 bits per heavy atom. The van der Waals surface area contributed by atoms with E-state index in [9.17, 15) is 9.59 Å². The molecule has 1 aliphatic heterocycles. The molecule has 9 heteroatoms. The third-order valence-corrected chi connectivity index (χ3v) is 4.01. The fourth-order valence-electron chi connectivity index (χ4n) is 2.57. The zero-order valence-corrected chi connectivity index (χ0v) is 14.8. The zero-order chi connectivity index (χ0) is 18.5. The van der Waals surface area contributed by atoms with Crippen molar-refractivity contribution in [2.45, 2.75) is 26.5 Å². The van der Waals surface area contributed by atoms with Gasteiger partial charge in [0.1, 0.15) is 0 Å². The van der Waals surface area contributed by atoms with E-state index in [0.29, 0.717) is 32.1 Å². The summed E-state index contributed by atoms with van der Waals surface area (Å²) < 4.78 is 10.4. The fraction of sp³-hybridized carbons (Fsp3) is 0.471. The summed E-state index contributed by atoms with van der Waals surface area (Å²) >= 11 is 0. The van der Waals surface area contributed by atoms with Crippen LogP contribution in [0.1, 0.15) is 12.5 Å². The molecule has 9 nitrogen and oxygen atoms in total. The van der Waals surface area contributed by atoms with Gasteiger partial charge in [-0.2, -0.15) is 4.80 Å². The summed E-state index contributed by atoms with van der Waals surface area (Å²) in [6.45, 7) is 5.34. The van der Waals surface area contributed by atoms with Crippen LogP contribution >= 0.6 is 0 Å². The van der Waals surface area contributed by atoms with Crippen molar-refractivity contribution in [3.63, 3.8) is 0 Å². The highest BCUT2D eigenvalue weighted by Gasteiger charge is 2.25. The monoisotopic (exact) mass is 359 g/mol. The lowest BCUT2D eigenvalue weighted by atomic mass is 10.1. The maximum atomic E-state index is 12.2. The molecule has 138 valence electrons. The number of nitrogens with zero attached hydrogens (tertiary/aromatic N) is 5. The second-order valence-electron chi connectivity index (χ2n) is 6.08. The van der Waals surface area contributed by atoms with Gasteiger partial charge in [-0.3, -0.25) is 4.79 Å². The number of ether oxygens (including phenoxy) is 2. The van der Waals surface area contributed by atoms with Crippen molar-refractivity contribution >= 4 is 11.9 Å². The molecule has 2 aromatic rings. The first-order valence-electron chi connectivity index (χ1n) is 8.44. The Balaban J connectivity index is 1.54. The van der Waals surface area contributed by atoms with Gasteiger partial charge in [0.25, 0.3) is 5.91 Å². The molecular formula is C17H21N5O4. The van der Waals surface area contributed by atoms with Gasteiger partial charge in [-0.1, -0.05) is 29.8 Å². The molecule has 1 aliphatic rings. The molecule has 0 radical (unpaired) electrons. The van der Waals surface area contributed by atoms with E-state index in [1.54, 1.807) is 11.8 Å². The largest absolute Gasteiger partial charge is 0.451 e. The Hall–Kier alpha value is -2.81. The smallest absolute Gasteiger partial charge is 0.330 e. The molecule has 1 saturated heterocycles. The van der Waals surface area contributed by atoms with Gasteiger partial charge < -0.3 is 14.4 Å². The molecule has 1 amide bonds. The van der Waals surface area contributed by atoms with Crippen LogP contribution in [0.25, 0.3) is 11.4 Å². The summed E-state index contributed by atoms with van der Waals surface area (Å²) in [5, 5.41) is 12.0. The van der Waals surface area contributed by atoms with Crippen LogP contribution in [0, 0.1) is 6.92 Å². The third kappa shape index (κ3) is 4.42. The quantitative estimate of drug-likeness (QED) is 0.714. The normalized spacial score (nSPS) is 15.5. The molecular weight excluding hydrogens is 338 g/mol. The van der Waals surface area contributed by atoms with E-state index in [2.05, 4.69) is 15.4 Å². The molecule has 3 rings (SSSR count). The van der Waals surface area contributed by atoms with Crippen molar-refractivity contribution in [1.29, 1.82) is 0 Å². The van der Waals surface area contributed by atoms with Gasteiger partial charge in [-0.05, 0) is 19.1 Å². The third-order valence-electron chi connectivity index (χ3n) is 4.01. The number of carbonyl (C=O) groups excluding carboxylic acids is 2. The number of hydrogen-bond donors (Lipinski definition) is 0.